The van der Waals surface area contributed by atoms with Gasteiger partial charge >= 0.3 is 6.18 Å². The van der Waals surface area contributed by atoms with E-state index in [0.29, 0.717) is 6.20 Å². The number of alkyl halides is 3. The molecule has 1 aromatic heterocycles. The van der Waals surface area contributed by atoms with E-state index in [1.807, 2.05) is 0 Å². The fraction of sp³-hybridized carbons (Fsp3) is 0.364. The van der Waals surface area contributed by atoms with Crippen LogP contribution in [0.3, 0.4) is 0 Å². The summed E-state index contributed by atoms with van der Waals surface area (Å²) in [4.78, 5) is 27.4. The van der Waals surface area contributed by atoms with Gasteiger partial charge in [-0.1, -0.05) is 0 Å². The first kappa shape index (κ1) is 13.3. The Kier molecular flexibility index (Phi) is 3.17. The maximum absolute atomic E-state index is 12.3. The number of halogens is 3. The molecule has 0 spiro atoms. The number of likely N-dealkylation sites (N-methyl/N-ethyl adjacent to an activating group) is 1. The van der Waals surface area contributed by atoms with Gasteiger partial charge in [-0.15, -0.1) is 0 Å². The molecule has 0 aliphatic carbocycles. The first-order chi connectivity index (χ1) is 8.79. The van der Waals surface area contributed by atoms with Gasteiger partial charge < -0.3 is 5.32 Å². The van der Waals surface area contributed by atoms with Crippen molar-refractivity contribution >= 4 is 17.6 Å². The van der Waals surface area contributed by atoms with Crippen LogP contribution in [0, 0.1) is 0 Å². The Morgan fingerprint density at radius 1 is 1.37 bits per heavy atom. The van der Waals surface area contributed by atoms with Gasteiger partial charge in [0.15, 0.2) is 0 Å². The molecule has 2 amide bonds. The van der Waals surface area contributed by atoms with Crippen LogP contribution in [0.5, 0.6) is 0 Å². The second-order valence-corrected chi connectivity index (χ2v) is 4.12. The molecule has 0 aromatic carbocycles. The Morgan fingerprint density at radius 3 is 2.47 bits per heavy atom. The van der Waals surface area contributed by atoms with Gasteiger partial charge in [0.1, 0.15) is 11.9 Å². The van der Waals surface area contributed by atoms with Crippen LogP contribution in [0.4, 0.5) is 19.0 Å². The molecule has 0 bridgehead atoms. The number of anilines is 1. The highest BCUT2D eigenvalue weighted by molar-refractivity contribution is 6.06. The van der Waals surface area contributed by atoms with Crippen molar-refractivity contribution in [3.05, 3.63) is 23.9 Å². The highest BCUT2D eigenvalue weighted by Gasteiger charge is 2.36. The number of hydrogen-bond donors (Lipinski definition) is 1. The Morgan fingerprint density at radius 2 is 2.05 bits per heavy atom. The Labute approximate surface area is 106 Å². The fourth-order valence-corrected chi connectivity index (χ4v) is 1.69. The summed E-state index contributed by atoms with van der Waals surface area (Å²) in [6, 6.07) is 1.21. The molecule has 1 aliphatic rings. The van der Waals surface area contributed by atoms with E-state index >= 15 is 0 Å². The molecule has 0 saturated carbocycles. The molecule has 5 nitrogen and oxygen atoms in total. The van der Waals surface area contributed by atoms with Gasteiger partial charge in [0.05, 0.1) is 12.0 Å². The lowest BCUT2D eigenvalue weighted by atomic mass is 10.2. The second kappa shape index (κ2) is 4.52. The first-order valence-electron chi connectivity index (χ1n) is 5.39. The van der Waals surface area contributed by atoms with E-state index in [-0.39, 0.29) is 18.1 Å². The molecule has 19 heavy (non-hydrogen) atoms. The van der Waals surface area contributed by atoms with E-state index in [1.165, 1.54) is 7.05 Å². The number of carbonyl (C=O) groups is 2. The monoisotopic (exact) mass is 273 g/mol. The molecule has 1 fully saturated rings. The van der Waals surface area contributed by atoms with Crippen LogP contribution < -0.4 is 5.32 Å². The van der Waals surface area contributed by atoms with Crippen LogP contribution in [0.2, 0.25) is 0 Å². The molecule has 1 saturated heterocycles. The maximum Gasteiger partial charge on any atom is 0.417 e. The van der Waals surface area contributed by atoms with Crippen LogP contribution in [0.15, 0.2) is 18.3 Å². The maximum atomic E-state index is 12.3. The normalized spacial score (nSPS) is 20.0. The lowest BCUT2D eigenvalue weighted by Gasteiger charge is -2.12. The number of amides is 2. The molecule has 0 unspecified atom stereocenters. The van der Waals surface area contributed by atoms with Crippen LogP contribution in [-0.2, 0) is 15.8 Å². The summed E-state index contributed by atoms with van der Waals surface area (Å²) >= 11 is 0. The van der Waals surface area contributed by atoms with Gasteiger partial charge in [-0.05, 0) is 12.1 Å². The highest BCUT2D eigenvalue weighted by Crippen LogP contribution is 2.29. The number of nitrogens with one attached hydrogen (secondary N) is 1. The number of likely N-dealkylation sites (tertiary alicyclic amines) is 1. The Bertz CT molecular complexity index is 513. The summed E-state index contributed by atoms with van der Waals surface area (Å²) in [5.74, 6) is -0.643. The van der Waals surface area contributed by atoms with Crippen molar-refractivity contribution in [1.29, 1.82) is 0 Å². The van der Waals surface area contributed by atoms with Gasteiger partial charge in [-0.2, -0.15) is 13.2 Å². The lowest BCUT2D eigenvalue weighted by Crippen LogP contribution is -2.32. The fourth-order valence-electron chi connectivity index (χ4n) is 1.69. The topological polar surface area (TPSA) is 62.3 Å². The van der Waals surface area contributed by atoms with Crippen LogP contribution in [-0.4, -0.2) is 34.8 Å². The third-order valence-electron chi connectivity index (χ3n) is 2.79. The molecule has 2 heterocycles. The largest absolute Gasteiger partial charge is 0.417 e. The number of rotatable bonds is 2. The van der Waals surface area contributed by atoms with Crippen LogP contribution in [0.1, 0.15) is 12.0 Å². The van der Waals surface area contributed by atoms with Crippen molar-refractivity contribution < 1.29 is 22.8 Å². The molecule has 0 radical (unpaired) electrons. The summed E-state index contributed by atoms with van der Waals surface area (Å²) < 4.78 is 37.0. The number of hydrogen-bond acceptors (Lipinski definition) is 4. The molecule has 1 aliphatic heterocycles. The number of imide groups is 1. The average molecular weight is 273 g/mol. The molecule has 1 atom stereocenters. The first-order valence-corrected chi connectivity index (χ1v) is 5.39. The summed E-state index contributed by atoms with van der Waals surface area (Å²) in [5.41, 5.74) is -0.871. The predicted octanol–water partition coefficient (Wildman–Crippen LogP) is 1.27. The van der Waals surface area contributed by atoms with Gasteiger partial charge in [0.25, 0.3) is 5.91 Å². The lowest BCUT2D eigenvalue weighted by molar-refractivity contribution is -0.138. The van der Waals surface area contributed by atoms with Gasteiger partial charge in [0, 0.05) is 13.2 Å². The number of aromatic nitrogens is 1. The standard InChI is InChI=1S/C11H10F3N3O2/c1-17-9(18)4-7(10(17)19)16-8-3-2-6(5-15-8)11(12,13)14/h2-3,5,7H,4H2,1H3,(H,15,16)/t7-/m1/s1. The van der Waals surface area contributed by atoms with Gasteiger partial charge in [-0.3, -0.25) is 14.5 Å². The van der Waals surface area contributed by atoms with Crippen molar-refractivity contribution in [3.8, 4) is 0 Å². The predicted molar refractivity (Wildman–Crippen MR) is 59.0 cm³/mol. The SMILES string of the molecule is CN1C(=O)C[C@@H](Nc2ccc(C(F)(F)F)cn2)C1=O. The van der Waals surface area contributed by atoms with Crippen LogP contribution >= 0.6 is 0 Å². The van der Waals surface area contributed by atoms with E-state index < -0.39 is 23.7 Å². The summed E-state index contributed by atoms with van der Waals surface area (Å²) in [6.45, 7) is 0. The molecular formula is C11H10F3N3O2. The minimum Gasteiger partial charge on any atom is -0.358 e. The number of carbonyl (C=O) groups excluding carboxylic acids is 2. The zero-order chi connectivity index (χ0) is 14.2. The minimum absolute atomic E-state index is 0.0297. The van der Waals surface area contributed by atoms with E-state index in [4.69, 9.17) is 0 Å². The number of pyridine rings is 1. The van der Waals surface area contributed by atoms with Crippen molar-refractivity contribution in [2.45, 2.75) is 18.6 Å². The van der Waals surface area contributed by atoms with E-state index in [1.54, 1.807) is 0 Å². The zero-order valence-electron chi connectivity index (χ0n) is 9.86. The molecule has 2 rings (SSSR count). The highest BCUT2D eigenvalue weighted by atomic mass is 19.4. The van der Waals surface area contributed by atoms with E-state index in [9.17, 15) is 22.8 Å². The molecule has 102 valence electrons. The molecular weight excluding hydrogens is 263 g/mol. The Balaban J connectivity index is 2.09. The summed E-state index contributed by atoms with van der Waals surface area (Å²) in [7, 11) is 1.35. The van der Waals surface area contributed by atoms with Crippen molar-refractivity contribution in [2.75, 3.05) is 12.4 Å². The van der Waals surface area contributed by atoms with E-state index in [0.717, 1.165) is 17.0 Å². The van der Waals surface area contributed by atoms with Crippen molar-refractivity contribution in [3.63, 3.8) is 0 Å². The third-order valence-corrected chi connectivity index (χ3v) is 2.79. The van der Waals surface area contributed by atoms with Gasteiger partial charge in [-0.25, -0.2) is 4.98 Å². The van der Waals surface area contributed by atoms with Crippen molar-refractivity contribution in [1.82, 2.24) is 9.88 Å². The van der Waals surface area contributed by atoms with Crippen molar-refractivity contribution in [2.24, 2.45) is 0 Å². The summed E-state index contributed by atoms with van der Waals surface area (Å²) in [6.07, 6.45) is -3.81. The number of nitrogens with zero attached hydrogens (tertiary/aromatic N) is 2. The molecule has 8 heteroatoms. The molecule has 1 N–H and O–H groups in total. The second-order valence-electron chi connectivity index (χ2n) is 4.12. The average Bonchev–Trinajstić information content (AvgIpc) is 2.57. The van der Waals surface area contributed by atoms with Crippen LogP contribution in [0.25, 0.3) is 0 Å². The quantitative estimate of drug-likeness (QED) is 0.824. The van der Waals surface area contributed by atoms with E-state index in [2.05, 4.69) is 10.3 Å². The minimum atomic E-state index is -4.45. The van der Waals surface area contributed by atoms with Gasteiger partial charge in [0.2, 0.25) is 5.91 Å². The zero-order valence-corrected chi connectivity index (χ0v) is 9.86. The summed E-state index contributed by atoms with van der Waals surface area (Å²) in [5, 5.41) is 2.64. The smallest absolute Gasteiger partial charge is 0.358 e. The molecule has 1 aromatic rings. The third kappa shape index (κ3) is 2.67. The Hall–Kier alpha value is -2.12.